The van der Waals surface area contributed by atoms with E-state index in [1.807, 2.05) is 0 Å². The van der Waals surface area contributed by atoms with E-state index < -0.39 is 9.84 Å². The molecule has 1 aromatic rings. The fraction of sp³-hybridized carbons (Fsp3) is 0.556. The summed E-state index contributed by atoms with van der Waals surface area (Å²) in [5, 5.41) is 5.83. The number of carbonyl (C=O) groups excluding carboxylic acids is 2. The number of sulfone groups is 1. The molecule has 0 aromatic heterocycles. The maximum Gasteiger partial charge on any atom is 0.251 e. The van der Waals surface area contributed by atoms with Crippen LogP contribution in [0, 0.1) is 0 Å². The van der Waals surface area contributed by atoms with Crippen molar-refractivity contribution in [2.24, 2.45) is 0 Å². The molecule has 1 aliphatic heterocycles. The molecule has 3 rings (SSSR count). The van der Waals surface area contributed by atoms with Gasteiger partial charge < -0.3 is 10.6 Å². The number of rotatable bonds is 6. The second-order valence-electron chi connectivity index (χ2n) is 6.92. The Morgan fingerprint density at radius 3 is 2.38 bits per heavy atom. The Bertz CT molecular complexity index is 756. The smallest absolute Gasteiger partial charge is 0.251 e. The van der Waals surface area contributed by atoms with Gasteiger partial charge in [0.15, 0.2) is 9.84 Å². The Hall–Kier alpha value is -1.54. The van der Waals surface area contributed by atoms with Crippen molar-refractivity contribution >= 4 is 39.1 Å². The Balaban J connectivity index is 1.44. The van der Waals surface area contributed by atoms with E-state index in [2.05, 4.69) is 10.6 Å². The van der Waals surface area contributed by atoms with E-state index in [0.29, 0.717) is 17.7 Å². The minimum Gasteiger partial charge on any atom is -0.349 e. The van der Waals surface area contributed by atoms with Gasteiger partial charge in [-0.05, 0) is 43.5 Å². The lowest BCUT2D eigenvalue weighted by Crippen LogP contribution is -2.32. The van der Waals surface area contributed by atoms with Gasteiger partial charge in [0.25, 0.3) is 5.91 Å². The Labute approximate surface area is 158 Å². The predicted molar refractivity (Wildman–Crippen MR) is 104 cm³/mol. The molecular formula is C18H24N2O4S2. The van der Waals surface area contributed by atoms with Crippen LogP contribution >= 0.6 is 11.8 Å². The molecule has 0 radical (unpaired) electrons. The maximum absolute atomic E-state index is 12.2. The summed E-state index contributed by atoms with van der Waals surface area (Å²) in [6.07, 6.45) is 5.03. The minimum atomic E-state index is -2.91. The molecule has 1 aliphatic carbocycles. The van der Waals surface area contributed by atoms with Gasteiger partial charge in [0.2, 0.25) is 5.91 Å². The first-order valence-electron chi connectivity index (χ1n) is 8.94. The molecule has 1 unspecified atom stereocenters. The molecule has 2 fully saturated rings. The summed E-state index contributed by atoms with van der Waals surface area (Å²) in [5.74, 6) is 0.367. The number of anilines is 1. The van der Waals surface area contributed by atoms with Gasteiger partial charge in [0.1, 0.15) is 0 Å². The van der Waals surface area contributed by atoms with E-state index in [1.165, 1.54) is 24.6 Å². The zero-order valence-corrected chi connectivity index (χ0v) is 16.2. The number of carbonyl (C=O) groups is 2. The van der Waals surface area contributed by atoms with E-state index in [1.54, 1.807) is 24.3 Å². The van der Waals surface area contributed by atoms with Gasteiger partial charge in [-0.2, -0.15) is 0 Å². The van der Waals surface area contributed by atoms with Gasteiger partial charge in [-0.1, -0.05) is 12.8 Å². The molecular weight excluding hydrogens is 372 g/mol. The van der Waals surface area contributed by atoms with E-state index in [0.717, 1.165) is 12.8 Å². The lowest BCUT2D eigenvalue weighted by atomic mass is 10.1. The van der Waals surface area contributed by atoms with Crippen LogP contribution in [0.2, 0.25) is 0 Å². The Morgan fingerprint density at radius 2 is 1.77 bits per heavy atom. The molecule has 1 atom stereocenters. The van der Waals surface area contributed by atoms with Crippen LogP contribution in [0.1, 0.15) is 42.5 Å². The predicted octanol–water partition coefficient (Wildman–Crippen LogP) is 2.22. The fourth-order valence-corrected chi connectivity index (χ4v) is 6.77. The fourth-order valence-electron chi connectivity index (χ4n) is 3.33. The number of amides is 2. The number of thioether (sulfide) groups is 1. The monoisotopic (exact) mass is 396 g/mol. The minimum absolute atomic E-state index is 0.00686. The maximum atomic E-state index is 12.2. The van der Waals surface area contributed by atoms with E-state index in [-0.39, 0.29) is 40.4 Å². The molecule has 1 aromatic carbocycles. The molecule has 1 saturated heterocycles. The highest BCUT2D eigenvalue weighted by Crippen LogP contribution is 2.24. The van der Waals surface area contributed by atoms with Gasteiger partial charge in [-0.15, -0.1) is 11.8 Å². The standard InChI is InChI=1S/C18H24N2O4S2/c21-17(11-25-16-9-10-26(23,24)12-16)19-15-7-5-13(6-8-15)18(22)20-14-3-1-2-4-14/h5-8,14,16H,1-4,9-12H2,(H,19,21)(H,20,22). The third-order valence-corrected chi connectivity index (χ3v) is 8.04. The molecule has 0 spiro atoms. The molecule has 1 heterocycles. The SMILES string of the molecule is O=C(CSC1CCS(=O)(=O)C1)Nc1ccc(C(=O)NC2CCCC2)cc1. The first-order valence-corrected chi connectivity index (χ1v) is 11.8. The van der Waals surface area contributed by atoms with E-state index in [4.69, 9.17) is 0 Å². The van der Waals surface area contributed by atoms with Crippen LogP contribution in [0.25, 0.3) is 0 Å². The van der Waals surface area contributed by atoms with Crippen molar-refractivity contribution in [2.75, 3.05) is 22.6 Å². The number of nitrogens with one attached hydrogen (secondary N) is 2. The van der Waals surface area contributed by atoms with Crippen molar-refractivity contribution in [3.05, 3.63) is 29.8 Å². The first kappa shape index (κ1) is 19.2. The van der Waals surface area contributed by atoms with Gasteiger partial charge in [-0.25, -0.2) is 8.42 Å². The molecule has 2 amide bonds. The van der Waals surface area contributed by atoms with Crippen LogP contribution in [-0.2, 0) is 14.6 Å². The second-order valence-corrected chi connectivity index (χ2v) is 10.4. The van der Waals surface area contributed by atoms with Crippen LogP contribution in [0.3, 0.4) is 0 Å². The zero-order valence-electron chi connectivity index (χ0n) is 14.6. The van der Waals surface area contributed by atoms with Gasteiger partial charge >= 0.3 is 0 Å². The summed E-state index contributed by atoms with van der Waals surface area (Å²) in [6.45, 7) is 0. The van der Waals surface area contributed by atoms with Gasteiger partial charge in [-0.3, -0.25) is 9.59 Å². The van der Waals surface area contributed by atoms with Crippen molar-refractivity contribution in [3.63, 3.8) is 0 Å². The summed E-state index contributed by atoms with van der Waals surface area (Å²) in [4.78, 5) is 24.2. The van der Waals surface area contributed by atoms with E-state index in [9.17, 15) is 18.0 Å². The number of hydrogen-bond acceptors (Lipinski definition) is 5. The molecule has 142 valence electrons. The van der Waals surface area contributed by atoms with Crippen LogP contribution in [0.15, 0.2) is 24.3 Å². The summed E-state index contributed by atoms with van der Waals surface area (Å²) < 4.78 is 22.9. The van der Waals surface area contributed by atoms with E-state index >= 15 is 0 Å². The molecule has 8 heteroatoms. The lowest BCUT2D eigenvalue weighted by Gasteiger charge is -2.12. The molecule has 2 N–H and O–H groups in total. The quantitative estimate of drug-likeness (QED) is 0.769. The summed E-state index contributed by atoms with van der Waals surface area (Å²) >= 11 is 1.38. The van der Waals surface area contributed by atoms with Crippen LogP contribution in [-0.4, -0.2) is 48.8 Å². The molecule has 2 aliphatic rings. The van der Waals surface area contributed by atoms with Crippen LogP contribution in [0.4, 0.5) is 5.69 Å². The van der Waals surface area contributed by atoms with Crippen molar-refractivity contribution in [3.8, 4) is 0 Å². The van der Waals surface area contributed by atoms with Crippen molar-refractivity contribution in [1.29, 1.82) is 0 Å². The topological polar surface area (TPSA) is 92.3 Å². The zero-order chi connectivity index (χ0) is 18.6. The average molecular weight is 397 g/mol. The highest BCUT2D eigenvalue weighted by Gasteiger charge is 2.28. The highest BCUT2D eigenvalue weighted by molar-refractivity contribution is 8.02. The Morgan fingerprint density at radius 1 is 1.08 bits per heavy atom. The third kappa shape index (κ3) is 5.48. The summed E-state index contributed by atoms with van der Waals surface area (Å²) in [7, 11) is -2.91. The summed E-state index contributed by atoms with van der Waals surface area (Å²) in [6, 6.07) is 7.11. The first-order chi connectivity index (χ1) is 12.4. The average Bonchev–Trinajstić information content (AvgIpc) is 3.23. The van der Waals surface area contributed by atoms with Crippen LogP contribution < -0.4 is 10.6 Å². The van der Waals surface area contributed by atoms with Gasteiger partial charge in [0, 0.05) is 22.5 Å². The normalized spacial score (nSPS) is 22.2. The number of benzene rings is 1. The van der Waals surface area contributed by atoms with Crippen molar-refractivity contribution in [1.82, 2.24) is 5.32 Å². The van der Waals surface area contributed by atoms with Crippen molar-refractivity contribution < 1.29 is 18.0 Å². The number of hydrogen-bond donors (Lipinski definition) is 2. The second kappa shape index (κ2) is 8.43. The lowest BCUT2D eigenvalue weighted by molar-refractivity contribution is -0.113. The molecule has 6 nitrogen and oxygen atoms in total. The third-order valence-electron chi connectivity index (χ3n) is 4.76. The molecule has 1 saturated carbocycles. The van der Waals surface area contributed by atoms with Crippen molar-refractivity contribution in [2.45, 2.75) is 43.4 Å². The molecule has 0 bridgehead atoms. The van der Waals surface area contributed by atoms with Gasteiger partial charge in [0.05, 0.1) is 17.3 Å². The summed E-state index contributed by atoms with van der Waals surface area (Å²) in [5.41, 5.74) is 1.22. The molecule has 26 heavy (non-hydrogen) atoms. The highest BCUT2D eigenvalue weighted by atomic mass is 32.2. The largest absolute Gasteiger partial charge is 0.349 e. The Kier molecular flexibility index (Phi) is 6.24. The van der Waals surface area contributed by atoms with Crippen LogP contribution in [0.5, 0.6) is 0 Å².